The zero-order chi connectivity index (χ0) is 13.9. The Balaban J connectivity index is 1.94. The van der Waals surface area contributed by atoms with E-state index in [1.807, 2.05) is 49.4 Å². The first-order chi connectivity index (χ1) is 9.74. The predicted octanol–water partition coefficient (Wildman–Crippen LogP) is 3.79. The van der Waals surface area contributed by atoms with Crippen molar-refractivity contribution < 1.29 is 4.74 Å². The van der Waals surface area contributed by atoms with Crippen molar-refractivity contribution in [2.24, 2.45) is 5.73 Å². The quantitative estimate of drug-likeness (QED) is 0.782. The Kier molecular flexibility index (Phi) is 3.35. The summed E-state index contributed by atoms with van der Waals surface area (Å²) in [6.45, 7) is 2.42. The second-order valence-electron chi connectivity index (χ2n) is 4.77. The van der Waals surface area contributed by atoms with E-state index in [2.05, 4.69) is 17.1 Å². The van der Waals surface area contributed by atoms with E-state index in [0.717, 1.165) is 22.4 Å². The Labute approximate surface area is 118 Å². The smallest absolute Gasteiger partial charge is 0.219 e. The van der Waals surface area contributed by atoms with Crippen molar-refractivity contribution in [2.75, 3.05) is 0 Å². The number of hydrogen-bond donors (Lipinski definition) is 1. The lowest BCUT2D eigenvalue weighted by molar-refractivity contribution is 0.461. The molecule has 0 fully saturated rings. The van der Waals surface area contributed by atoms with Crippen molar-refractivity contribution in [3.8, 4) is 11.6 Å². The number of nitrogens with zero attached hydrogens (tertiary/aromatic N) is 1. The van der Waals surface area contributed by atoms with Crippen LogP contribution < -0.4 is 10.5 Å². The summed E-state index contributed by atoms with van der Waals surface area (Å²) in [5, 5.41) is 2.34. The minimum Gasteiger partial charge on any atom is -0.439 e. The van der Waals surface area contributed by atoms with Gasteiger partial charge in [-0.25, -0.2) is 4.98 Å². The first-order valence-electron chi connectivity index (χ1n) is 6.59. The molecule has 0 saturated carbocycles. The molecule has 2 N–H and O–H groups in total. The van der Waals surface area contributed by atoms with Gasteiger partial charge in [0, 0.05) is 18.3 Å². The molecule has 0 aliphatic carbocycles. The molecule has 100 valence electrons. The highest BCUT2D eigenvalue weighted by Gasteiger charge is 2.03. The molecule has 2 aromatic carbocycles. The van der Waals surface area contributed by atoms with Crippen LogP contribution >= 0.6 is 0 Å². The van der Waals surface area contributed by atoms with Crippen LogP contribution in [0, 0.1) is 6.92 Å². The van der Waals surface area contributed by atoms with Crippen LogP contribution in [0.15, 0.2) is 54.6 Å². The topological polar surface area (TPSA) is 48.1 Å². The number of aryl methyl sites for hydroxylation is 1. The van der Waals surface area contributed by atoms with Gasteiger partial charge in [-0.2, -0.15) is 0 Å². The average molecular weight is 264 g/mol. The fourth-order valence-corrected chi connectivity index (χ4v) is 2.23. The molecule has 0 aliphatic rings. The van der Waals surface area contributed by atoms with Gasteiger partial charge in [-0.05, 0) is 41.5 Å². The third kappa shape index (κ3) is 2.63. The number of nitrogens with two attached hydrogens (primary N) is 1. The van der Waals surface area contributed by atoms with Crippen molar-refractivity contribution in [2.45, 2.75) is 13.5 Å². The van der Waals surface area contributed by atoms with Crippen LogP contribution in [0.1, 0.15) is 11.3 Å². The molecular weight excluding hydrogens is 248 g/mol. The Morgan fingerprint density at radius 1 is 1.00 bits per heavy atom. The number of ether oxygens (including phenoxy) is 1. The lowest BCUT2D eigenvalue weighted by atomic mass is 10.1. The summed E-state index contributed by atoms with van der Waals surface area (Å²) in [6.07, 6.45) is 0. The van der Waals surface area contributed by atoms with Crippen molar-refractivity contribution in [1.29, 1.82) is 0 Å². The summed E-state index contributed by atoms with van der Waals surface area (Å²) in [5.41, 5.74) is 7.60. The highest BCUT2D eigenvalue weighted by atomic mass is 16.5. The zero-order valence-electron chi connectivity index (χ0n) is 11.3. The summed E-state index contributed by atoms with van der Waals surface area (Å²) in [6, 6.07) is 18.0. The van der Waals surface area contributed by atoms with Crippen LogP contribution in [0.25, 0.3) is 10.8 Å². The molecule has 0 amide bonds. The van der Waals surface area contributed by atoms with E-state index < -0.39 is 0 Å². The molecule has 3 aromatic rings. The number of hydrogen-bond acceptors (Lipinski definition) is 3. The van der Waals surface area contributed by atoms with Crippen molar-refractivity contribution >= 4 is 10.8 Å². The monoisotopic (exact) mass is 264 g/mol. The predicted molar refractivity (Wildman–Crippen MR) is 80.9 cm³/mol. The number of benzene rings is 2. The molecule has 3 rings (SSSR count). The van der Waals surface area contributed by atoms with Crippen LogP contribution in [0.4, 0.5) is 0 Å². The molecule has 3 heteroatoms. The van der Waals surface area contributed by atoms with Crippen molar-refractivity contribution in [3.63, 3.8) is 0 Å². The maximum absolute atomic E-state index is 5.84. The SMILES string of the molecule is Cc1cc(CN)cc(Oc2ccc3ccccc3c2)n1. The minimum absolute atomic E-state index is 0.484. The van der Waals surface area contributed by atoms with Crippen LogP contribution in [0.2, 0.25) is 0 Å². The van der Waals surface area contributed by atoms with E-state index in [1.54, 1.807) is 0 Å². The molecule has 0 radical (unpaired) electrons. The van der Waals surface area contributed by atoms with Gasteiger partial charge >= 0.3 is 0 Å². The van der Waals surface area contributed by atoms with Gasteiger partial charge in [-0.3, -0.25) is 0 Å². The maximum Gasteiger partial charge on any atom is 0.219 e. The van der Waals surface area contributed by atoms with Gasteiger partial charge < -0.3 is 10.5 Å². The molecule has 0 spiro atoms. The molecule has 0 atom stereocenters. The van der Waals surface area contributed by atoms with Gasteiger partial charge in [0.25, 0.3) is 0 Å². The molecule has 0 saturated heterocycles. The lowest BCUT2D eigenvalue weighted by Crippen LogP contribution is -1.99. The first kappa shape index (κ1) is 12.6. The fraction of sp³-hybridized carbons (Fsp3) is 0.118. The number of rotatable bonds is 3. The average Bonchev–Trinajstić information content (AvgIpc) is 2.46. The highest BCUT2D eigenvalue weighted by Crippen LogP contribution is 2.25. The summed E-state index contributed by atoms with van der Waals surface area (Å²) in [7, 11) is 0. The summed E-state index contributed by atoms with van der Waals surface area (Å²) < 4.78 is 5.84. The Bertz CT molecular complexity index is 753. The Morgan fingerprint density at radius 3 is 2.60 bits per heavy atom. The zero-order valence-corrected chi connectivity index (χ0v) is 11.3. The number of pyridine rings is 1. The molecule has 1 aromatic heterocycles. The molecule has 0 aliphatic heterocycles. The van der Waals surface area contributed by atoms with Gasteiger partial charge in [-0.1, -0.05) is 30.3 Å². The maximum atomic E-state index is 5.84. The Hall–Kier alpha value is -2.39. The van der Waals surface area contributed by atoms with Crippen LogP contribution in [-0.4, -0.2) is 4.98 Å². The molecular formula is C17H16N2O. The molecule has 3 nitrogen and oxygen atoms in total. The largest absolute Gasteiger partial charge is 0.439 e. The van der Waals surface area contributed by atoms with Crippen LogP contribution in [0.5, 0.6) is 11.6 Å². The van der Waals surface area contributed by atoms with E-state index in [4.69, 9.17) is 10.5 Å². The Morgan fingerprint density at radius 2 is 1.80 bits per heavy atom. The van der Waals surface area contributed by atoms with E-state index in [9.17, 15) is 0 Å². The highest BCUT2D eigenvalue weighted by molar-refractivity contribution is 5.83. The van der Waals surface area contributed by atoms with E-state index in [0.29, 0.717) is 12.4 Å². The third-order valence-corrected chi connectivity index (χ3v) is 3.17. The van der Waals surface area contributed by atoms with E-state index >= 15 is 0 Å². The van der Waals surface area contributed by atoms with E-state index in [-0.39, 0.29) is 0 Å². The van der Waals surface area contributed by atoms with Crippen molar-refractivity contribution in [1.82, 2.24) is 4.98 Å². The standard InChI is InChI=1S/C17H16N2O/c1-12-8-13(11-18)9-17(19-12)20-16-7-6-14-4-2-3-5-15(14)10-16/h2-10H,11,18H2,1H3. The lowest BCUT2D eigenvalue weighted by Gasteiger charge is -2.08. The van der Waals surface area contributed by atoms with Crippen LogP contribution in [-0.2, 0) is 6.54 Å². The summed E-state index contributed by atoms with van der Waals surface area (Å²) >= 11 is 0. The second kappa shape index (κ2) is 5.31. The first-order valence-corrected chi connectivity index (χ1v) is 6.59. The number of fused-ring (bicyclic) bond motifs is 1. The molecule has 0 bridgehead atoms. The molecule has 20 heavy (non-hydrogen) atoms. The number of aromatic nitrogens is 1. The van der Waals surface area contributed by atoms with Gasteiger partial charge in [-0.15, -0.1) is 0 Å². The minimum atomic E-state index is 0.484. The summed E-state index contributed by atoms with van der Waals surface area (Å²) in [4.78, 5) is 4.38. The van der Waals surface area contributed by atoms with Crippen LogP contribution in [0.3, 0.4) is 0 Å². The third-order valence-electron chi connectivity index (χ3n) is 3.17. The molecule has 1 heterocycles. The molecule has 0 unspecified atom stereocenters. The van der Waals surface area contributed by atoms with Crippen molar-refractivity contribution in [3.05, 3.63) is 65.9 Å². The van der Waals surface area contributed by atoms with Gasteiger partial charge in [0.1, 0.15) is 5.75 Å². The fourth-order valence-electron chi connectivity index (χ4n) is 2.23. The van der Waals surface area contributed by atoms with Gasteiger partial charge in [0.2, 0.25) is 5.88 Å². The van der Waals surface area contributed by atoms with Gasteiger partial charge in [0.15, 0.2) is 0 Å². The summed E-state index contributed by atoms with van der Waals surface area (Å²) in [5.74, 6) is 1.37. The second-order valence-corrected chi connectivity index (χ2v) is 4.77. The normalized spacial score (nSPS) is 10.7. The van der Waals surface area contributed by atoms with Gasteiger partial charge in [0.05, 0.1) is 0 Å². The van der Waals surface area contributed by atoms with E-state index in [1.165, 1.54) is 5.39 Å².